The quantitative estimate of drug-likeness (QED) is 0.604. The molecule has 0 fully saturated rings. The number of aromatic nitrogens is 3. The van der Waals surface area contributed by atoms with Crippen molar-refractivity contribution in [3.63, 3.8) is 0 Å². The van der Waals surface area contributed by atoms with E-state index in [1.807, 2.05) is 36.7 Å². The van der Waals surface area contributed by atoms with Crippen molar-refractivity contribution in [2.24, 2.45) is 7.05 Å². The molecular formula is C16H14BrN3O3S. The standard InChI is InChI=1S/C16H14BrN3O3S/c1-9-11(3-4-21-9)15-18-19-16(20(15)2)24-7-10-5-13-14(6-12(10)17)23-8-22-13/h3-6H,7-8H2,1-2H3. The van der Waals surface area contributed by atoms with Gasteiger partial charge in [-0.1, -0.05) is 27.7 Å². The first-order chi connectivity index (χ1) is 11.6. The van der Waals surface area contributed by atoms with Gasteiger partial charge in [-0.3, -0.25) is 0 Å². The molecule has 1 aromatic carbocycles. The molecule has 2 aromatic heterocycles. The summed E-state index contributed by atoms with van der Waals surface area (Å²) in [6.07, 6.45) is 1.66. The third-order valence-electron chi connectivity index (χ3n) is 3.83. The minimum Gasteiger partial charge on any atom is -0.469 e. The van der Waals surface area contributed by atoms with E-state index in [4.69, 9.17) is 13.9 Å². The molecule has 0 spiro atoms. The van der Waals surface area contributed by atoms with E-state index in [0.717, 1.165) is 49.6 Å². The van der Waals surface area contributed by atoms with Crippen LogP contribution < -0.4 is 9.47 Å². The van der Waals surface area contributed by atoms with Gasteiger partial charge in [-0.05, 0) is 30.7 Å². The monoisotopic (exact) mass is 407 g/mol. The van der Waals surface area contributed by atoms with Gasteiger partial charge < -0.3 is 18.5 Å². The largest absolute Gasteiger partial charge is 0.469 e. The summed E-state index contributed by atoms with van der Waals surface area (Å²) >= 11 is 5.20. The van der Waals surface area contributed by atoms with Gasteiger partial charge in [0.15, 0.2) is 22.5 Å². The number of thioether (sulfide) groups is 1. The molecule has 0 radical (unpaired) electrons. The molecule has 6 nitrogen and oxygen atoms in total. The number of hydrogen-bond acceptors (Lipinski definition) is 6. The topological polar surface area (TPSA) is 62.3 Å². The Bertz CT molecular complexity index is 906. The highest BCUT2D eigenvalue weighted by molar-refractivity contribution is 9.10. The van der Waals surface area contributed by atoms with Gasteiger partial charge in [0.25, 0.3) is 0 Å². The van der Waals surface area contributed by atoms with Crippen molar-refractivity contribution in [2.75, 3.05) is 6.79 Å². The van der Waals surface area contributed by atoms with Crippen LogP contribution in [-0.4, -0.2) is 21.6 Å². The molecule has 4 rings (SSSR count). The molecule has 0 bridgehead atoms. The van der Waals surface area contributed by atoms with E-state index in [1.165, 1.54) is 0 Å². The van der Waals surface area contributed by atoms with Crippen LogP contribution in [0.15, 0.2) is 38.5 Å². The van der Waals surface area contributed by atoms with Gasteiger partial charge in [0.1, 0.15) is 5.76 Å². The van der Waals surface area contributed by atoms with Gasteiger partial charge in [0.2, 0.25) is 6.79 Å². The van der Waals surface area contributed by atoms with E-state index in [2.05, 4.69) is 26.1 Å². The Labute approximate surface area is 151 Å². The molecule has 0 N–H and O–H groups in total. The fourth-order valence-corrected chi connectivity index (χ4v) is 4.05. The molecule has 0 unspecified atom stereocenters. The summed E-state index contributed by atoms with van der Waals surface area (Å²) in [5.41, 5.74) is 2.08. The second-order valence-electron chi connectivity index (χ2n) is 5.34. The Balaban J connectivity index is 1.55. The second-order valence-corrected chi connectivity index (χ2v) is 7.14. The van der Waals surface area contributed by atoms with Crippen molar-refractivity contribution in [3.05, 3.63) is 40.3 Å². The first-order valence-electron chi connectivity index (χ1n) is 7.28. The SMILES string of the molecule is Cc1occc1-c1nnc(SCc2cc3c(cc2Br)OCO3)n1C. The second kappa shape index (κ2) is 6.18. The summed E-state index contributed by atoms with van der Waals surface area (Å²) < 4.78 is 19.1. The normalized spacial score (nSPS) is 12.8. The summed E-state index contributed by atoms with van der Waals surface area (Å²) in [5, 5.41) is 9.42. The molecule has 0 aliphatic carbocycles. The average Bonchev–Trinajstić information content (AvgIpc) is 3.26. The van der Waals surface area contributed by atoms with Gasteiger partial charge in [0, 0.05) is 17.3 Å². The summed E-state index contributed by atoms with van der Waals surface area (Å²) in [6, 6.07) is 5.84. The molecule has 0 saturated carbocycles. The molecule has 0 atom stereocenters. The first-order valence-corrected chi connectivity index (χ1v) is 9.06. The minimum atomic E-state index is 0.273. The van der Waals surface area contributed by atoms with Crippen LogP contribution in [0.25, 0.3) is 11.4 Å². The van der Waals surface area contributed by atoms with Gasteiger partial charge in [-0.2, -0.15) is 0 Å². The number of aryl methyl sites for hydroxylation is 1. The molecule has 1 aliphatic rings. The van der Waals surface area contributed by atoms with Crippen molar-refractivity contribution >= 4 is 27.7 Å². The van der Waals surface area contributed by atoms with E-state index in [0.29, 0.717) is 0 Å². The summed E-state index contributed by atoms with van der Waals surface area (Å²) in [7, 11) is 1.96. The minimum absolute atomic E-state index is 0.273. The molecular weight excluding hydrogens is 394 g/mol. The van der Waals surface area contributed by atoms with E-state index >= 15 is 0 Å². The number of nitrogens with zero attached hydrogens (tertiary/aromatic N) is 3. The Morgan fingerprint density at radius 1 is 1.25 bits per heavy atom. The molecule has 0 saturated heterocycles. The number of hydrogen-bond donors (Lipinski definition) is 0. The zero-order valence-electron chi connectivity index (χ0n) is 13.1. The molecule has 3 aromatic rings. The molecule has 3 heterocycles. The van der Waals surface area contributed by atoms with Gasteiger partial charge >= 0.3 is 0 Å². The highest BCUT2D eigenvalue weighted by Gasteiger charge is 2.18. The van der Waals surface area contributed by atoms with Crippen LogP contribution in [0, 0.1) is 6.92 Å². The van der Waals surface area contributed by atoms with E-state index in [1.54, 1.807) is 18.0 Å². The van der Waals surface area contributed by atoms with Gasteiger partial charge in [-0.15, -0.1) is 10.2 Å². The Morgan fingerprint density at radius 2 is 2.04 bits per heavy atom. The first kappa shape index (κ1) is 15.6. The highest BCUT2D eigenvalue weighted by Crippen LogP contribution is 2.39. The predicted octanol–water partition coefficient (Wildman–Crippen LogP) is 4.17. The lowest BCUT2D eigenvalue weighted by atomic mass is 10.2. The van der Waals surface area contributed by atoms with Crippen molar-refractivity contribution in [3.8, 4) is 22.9 Å². The Morgan fingerprint density at radius 3 is 2.79 bits per heavy atom. The number of rotatable bonds is 4. The van der Waals surface area contributed by atoms with E-state index in [-0.39, 0.29) is 6.79 Å². The molecule has 8 heteroatoms. The zero-order valence-corrected chi connectivity index (χ0v) is 15.5. The van der Waals surface area contributed by atoms with Crippen LogP contribution in [-0.2, 0) is 12.8 Å². The summed E-state index contributed by atoms with van der Waals surface area (Å²) in [6.45, 7) is 2.19. The number of fused-ring (bicyclic) bond motifs is 1. The van der Waals surface area contributed by atoms with Crippen LogP contribution in [0.5, 0.6) is 11.5 Å². The van der Waals surface area contributed by atoms with E-state index < -0.39 is 0 Å². The van der Waals surface area contributed by atoms with Crippen molar-refractivity contribution in [1.29, 1.82) is 0 Å². The van der Waals surface area contributed by atoms with Gasteiger partial charge in [-0.25, -0.2) is 0 Å². The van der Waals surface area contributed by atoms with E-state index in [9.17, 15) is 0 Å². The number of halogens is 1. The summed E-state index contributed by atoms with van der Waals surface area (Å²) in [4.78, 5) is 0. The van der Waals surface area contributed by atoms with Crippen LogP contribution in [0.3, 0.4) is 0 Å². The third-order valence-corrected chi connectivity index (χ3v) is 5.64. The lowest BCUT2D eigenvalue weighted by Crippen LogP contribution is -1.95. The van der Waals surface area contributed by atoms with Crippen molar-refractivity contribution in [1.82, 2.24) is 14.8 Å². The van der Waals surface area contributed by atoms with Crippen LogP contribution in [0.4, 0.5) is 0 Å². The average molecular weight is 408 g/mol. The number of ether oxygens (including phenoxy) is 2. The fraction of sp³-hybridized carbons (Fsp3) is 0.250. The molecule has 1 aliphatic heterocycles. The zero-order chi connectivity index (χ0) is 16.7. The lowest BCUT2D eigenvalue weighted by Gasteiger charge is -2.06. The van der Waals surface area contributed by atoms with Crippen LogP contribution >= 0.6 is 27.7 Å². The third kappa shape index (κ3) is 2.69. The van der Waals surface area contributed by atoms with Crippen molar-refractivity contribution < 1.29 is 13.9 Å². The molecule has 124 valence electrons. The maximum absolute atomic E-state index is 5.44. The van der Waals surface area contributed by atoms with Crippen LogP contribution in [0.2, 0.25) is 0 Å². The fourth-order valence-electron chi connectivity index (χ4n) is 2.50. The number of benzene rings is 1. The molecule has 0 amide bonds. The maximum Gasteiger partial charge on any atom is 0.231 e. The Hall–Kier alpha value is -1.93. The van der Waals surface area contributed by atoms with Crippen LogP contribution in [0.1, 0.15) is 11.3 Å². The summed E-state index contributed by atoms with van der Waals surface area (Å²) in [5.74, 6) is 3.93. The lowest BCUT2D eigenvalue weighted by molar-refractivity contribution is 0.174. The van der Waals surface area contributed by atoms with Crippen molar-refractivity contribution in [2.45, 2.75) is 17.8 Å². The maximum atomic E-state index is 5.44. The number of furan rings is 1. The molecule has 24 heavy (non-hydrogen) atoms. The predicted molar refractivity (Wildman–Crippen MR) is 93.3 cm³/mol. The highest BCUT2D eigenvalue weighted by atomic mass is 79.9. The Kier molecular flexibility index (Phi) is 4.01. The van der Waals surface area contributed by atoms with Gasteiger partial charge in [0.05, 0.1) is 11.8 Å². The smallest absolute Gasteiger partial charge is 0.231 e.